The number of hydrogen-bond donors (Lipinski definition) is 1. The van der Waals surface area contributed by atoms with Crippen molar-refractivity contribution in [3.8, 4) is 0 Å². The maximum absolute atomic E-state index is 11.2. The zero-order chi connectivity index (χ0) is 10.8. The van der Waals surface area contributed by atoms with E-state index < -0.39 is 0 Å². The van der Waals surface area contributed by atoms with Crippen LogP contribution in [0.4, 0.5) is 5.13 Å². The van der Waals surface area contributed by atoms with Gasteiger partial charge in [-0.2, -0.15) is 0 Å². The van der Waals surface area contributed by atoms with Gasteiger partial charge in [0.15, 0.2) is 10.9 Å². The summed E-state index contributed by atoms with van der Waals surface area (Å²) in [5.74, 6) is 1.00. The van der Waals surface area contributed by atoms with Crippen molar-refractivity contribution in [1.82, 2.24) is 4.98 Å². The van der Waals surface area contributed by atoms with E-state index in [1.165, 1.54) is 11.3 Å². The average molecular weight is 223 g/mol. The Hall–Kier alpha value is -1.23. The molecule has 0 saturated carbocycles. The van der Waals surface area contributed by atoms with E-state index in [-0.39, 0.29) is 5.78 Å². The minimum atomic E-state index is 0.0187. The first-order valence-electron chi connectivity index (χ1n) is 4.95. The maximum atomic E-state index is 11.2. The number of nitrogens with one attached hydrogen (secondary N) is 1. The van der Waals surface area contributed by atoms with Gasteiger partial charge in [0.1, 0.15) is 11.5 Å². The van der Waals surface area contributed by atoms with Crippen LogP contribution in [-0.4, -0.2) is 23.1 Å². The molecule has 80 valence electrons. The molecule has 2 rings (SSSR count). The van der Waals surface area contributed by atoms with Crippen LogP contribution < -0.4 is 5.32 Å². The molecule has 2 heterocycles. The number of aliphatic imine (C=N–C) groups is 1. The second-order valence-electron chi connectivity index (χ2n) is 3.54. The minimum Gasteiger partial charge on any atom is -0.320 e. The molecule has 1 N–H and O–H groups in total. The second-order valence-corrected chi connectivity index (χ2v) is 4.74. The van der Waals surface area contributed by atoms with Gasteiger partial charge in [0.2, 0.25) is 0 Å². The van der Waals surface area contributed by atoms with Gasteiger partial charge in [-0.05, 0) is 13.3 Å². The van der Waals surface area contributed by atoms with Gasteiger partial charge in [0.25, 0.3) is 0 Å². The molecule has 1 aromatic heterocycles. The SMILES string of the molecule is CC(=O)c1nc(NC2=NCCC2)sc1C. The summed E-state index contributed by atoms with van der Waals surface area (Å²) in [7, 11) is 0. The minimum absolute atomic E-state index is 0.0187. The maximum Gasteiger partial charge on any atom is 0.188 e. The molecule has 4 nitrogen and oxygen atoms in total. The Kier molecular flexibility index (Phi) is 2.81. The van der Waals surface area contributed by atoms with Gasteiger partial charge in [0.05, 0.1) is 0 Å². The monoisotopic (exact) mass is 223 g/mol. The van der Waals surface area contributed by atoms with Crippen LogP contribution in [0.1, 0.15) is 35.1 Å². The Morgan fingerprint density at radius 2 is 2.33 bits per heavy atom. The first-order valence-corrected chi connectivity index (χ1v) is 5.77. The molecular weight excluding hydrogens is 210 g/mol. The highest BCUT2D eigenvalue weighted by Gasteiger charge is 2.13. The molecule has 0 aliphatic carbocycles. The lowest BCUT2D eigenvalue weighted by molar-refractivity contribution is 0.101. The molecule has 0 fully saturated rings. The molecule has 1 aromatic rings. The lowest BCUT2D eigenvalue weighted by Crippen LogP contribution is -2.08. The fourth-order valence-corrected chi connectivity index (χ4v) is 2.42. The van der Waals surface area contributed by atoms with Crippen molar-refractivity contribution in [3.05, 3.63) is 10.6 Å². The van der Waals surface area contributed by atoms with Crippen LogP contribution >= 0.6 is 11.3 Å². The quantitative estimate of drug-likeness (QED) is 0.782. The molecule has 0 spiro atoms. The Morgan fingerprint density at radius 1 is 1.53 bits per heavy atom. The Morgan fingerprint density at radius 3 is 2.87 bits per heavy atom. The predicted molar refractivity (Wildman–Crippen MR) is 62.0 cm³/mol. The molecule has 5 heteroatoms. The van der Waals surface area contributed by atoms with Crippen LogP contribution in [0.15, 0.2) is 4.99 Å². The molecule has 0 unspecified atom stereocenters. The molecule has 0 aromatic carbocycles. The van der Waals surface area contributed by atoms with Crippen LogP contribution in [0.2, 0.25) is 0 Å². The van der Waals surface area contributed by atoms with Crippen molar-refractivity contribution in [2.45, 2.75) is 26.7 Å². The Balaban J connectivity index is 2.15. The molecule has 0 saturated heterocycles. The topological polar surface area (TPSA) is 54.4 Å². The fraction of sp³-hybridized carbons (Fsp3) is 0.500. The summed E-state index contributed by atoms with van der Waals surface area (Å²) < 4.78 is 0. The zero-order valence-electron chi connectivity index (χ0n) is 8.83. The molecule has 1 aliphatic rings. The molecule has 0 atom stereocenters. The number of hydrogen-bond acceptors (Lipinski definition) is 5. The second kappa shape index (κ2) is 4.10. The highest BCUT2D eigenvalue weighted by molar-refractivity contribution is 7.16. The summed E-state index contributed by atoms with van der Waals surface area (Å²) in [4.78, 5) is 20.7. The fourth-order valence-electron chi connectivity index (χ4n) is 1.54. The third kappa shape index (κ3) is 2.23. The van der Waals surface area contributed by atoms with Crippen molar-refractivity contribution in [2.24, 2.45) is 4.99 Å². The third-order valence-electron chi connectivity index (χ3n) is 2.26. The number of thiazole rings is 1. The van der Waals surface area contributed by atoms with Gasteiger partial charge >= 0.3 is 0 Å². The van der Waals surface area contributed by atoms with E-state index in [0.717, 1.165) is 35.2 Å². The summed E-state index contributed by atoms with van der Waals surface area (Å²) in [5, 5.41) is 3.94. The highest BCUT2D eigenvalue weighted by Crippen LogP contribution is 2.23. The Bertz CT molecular complexity index is 422. The van der Waals surface area contributed by atoms with Crippen LogP contribution in [-0.2, 0) is 0 Å². The van der Waals surface area contributed by atoms with Gasteiger partial charge in [-0.3, -0.25) is 9.79 Å². The summed E-state index contributed by atoms with van der Waals surface area (Å²) >= 11 is 1.51. The lowest BCUT2D eigenvalue weighted by Gasteiger charge is -1.99. The predicted octanol–water partition coefficient (Wildman–Crippen LogP) is 2.26. The molecule has 0 radical (unpaired) electrons. The number of aryl methyl sites for hydroxylation is 1. The Labute approximate surface area is 92.4 Å². The number of carbonyl (C=O) groups excluding carboxylic acids is 1. The van der Waals surface area contributed by atoms with E-state index in [9.17, 15) is 4.79 Å². The summed E-state index contributed by atoms with van der Waals surface area (Å²) in [6.07, 6.45) is 2.08. The largest absolute Gasteiger partial charge is 0.320 e. The number of Topliss-reactive ketones (excluding diaryl/α,β-unsaturated/α-hetero) is 1. The number of nitrogens with zero attached hydrogens (tertiary/aromatic N) is 2. The molecule has 0 bridgehead atoms. The van der Waals surface area contributed by atoms with Gasteiger partial charge in [-0.1, -0.05) is 0 Å². The van der Waals surface area contributed by atoms with E-state index in [2.05, 4.69) is 15.3 Å². The van der Waals surface area contributed by atoms with E-state index in [1.807, 2.05) is 6.92 Å². The summed E-state index contributed by atoms with van der Waals surface area (Å²) in [6.45, 7) is 4.35. The van der Waals surface area contributed by atoms with Crippen LogP contribution in [0.3, 0.4) is 0 Å². The lowest BCUT2D eigenvalue weighted by atomic mass is 10.3. The number of rotatable bonds is 2. The molecule has 1 aliphatic heterocycles. The smallest absolute Gasteiger partial charge is 0.188 e. The standard InChI is InChI=1S/C10H13N3OS/c1-6(14)9-7(2)15-10(13-9)12-8-4-3-5-11-8/h3-5H2,1-2H3,(H,11,12,13). The van der Waals surface area contributed by atoms with Crippen molar-refractivity contribution >= 4 is 28.1 Å². The molecular formula is C10H13N3OS. The number of ketones is 1. The van der Waals surface area contributed by atoms with Crippen LogP contribution in [0.25, 0.3) is 0 Å². The van der Waals surface area contributed by atoms with E-state index in [1.54, 1.807) is 6.92 Å². The number of anilines is 1. The van der Waals surface area contributed by atoms with Crippen molar-refractivity contribution in [3.63, 3.8) is 0 Å². The van der Waals surface area contributed by atoms with E-state index >= 15 is 0 Å². The number of amidine groups is 1. The first-order chi connectivity index (χ1) is 7.16. The van der Waals surface area contributed by atoms with Crippen molar-refractivity contribution in [2.75, 3.05) is 11.9 Å². The number of carbonyl (C=O) groups is 1. The van der Waals surface area contributed by atoms with Gasteiger partial charge in [0, 0.05) is 24.8 Å². The zero-order valence-corrected chi connectivity index (χ0v) is 9.65. The van der Waals surface area contributed by atoms with Crippen molar-refractivity contribution in [1.29, 1.82) is 0 Å². The summed E-state index contributed by atoms with van der Waals surface area (Å²) in [6, 6.07) is 0. The van der Waals surface area contributed by atoms with Crippen molar-refractivity contribution < 1.29 is 4.79 Å². The highest BCUT2D eigenvalue weighted by atomic mass is 32.1. The third-order valence-corrected chi connectivity index (χ3v) is 3.14. The summed E-state index contributed by atoms with van der Waals surface area (Å²) in [5.41, 5.74) is 0.570. The normalized spacial score (nSPS) is 15.2. The van der Waals surface area contributed by atoms with Gasteiger partial charge in [-0.25, -0.2) is 4.98 Å². The van der Waals surface area contributed by atoms with Crippen LogP contribution in [0, 0.1) is 6.92 Å². The van der Waals surface area contributed by atoms with Gasteiger partial charge < -0.3 is 5.32 Å². The molecule has 15 heavy (non-hydrogen) atoms. The first kappa shape index (κ1) is 10.3. The van der Waals surface area contributed by atoms with E-state index in [4.69, 9.17) is 0 Å². The van der Waals surface area contributed by atoms with Gasteiger partial charge in [-0.15, -0.1) is 11.3 Å². The number of aromatic nitrogens is 1. The van der Waals surface area contributed by atoms with Crippen LogP contribution in [0.5, 0.6) is 0 Å². The average Bonchev–Trinajstić information content (AvgIpc) is 2.75. The van der Waals surface area contributed by atoms with E-state index in [0.29, 0.717) is 5.69 Å². The molecule has 0 amide bonds.